The van der Waals surface area contributed by atoms with Crippen molar-refractivity contribution in [1.82, 2.24) is 20.4 Å². The van der Waals surface area contributed by atoms with E-state index in [9.17, 15) is 9.18 Å². The van der Waals surface area contributed by atoms with Gasteiger partial charge in [0, 0.05) is 64.2 Å². The number of guanidine groups is 1. The van der Waals surface area contributed by atoms with Gasteiger partial charge in [0.15, 0.2) is 5.96 Å². The predicted molar refractivity (Wildman–Crippen MR) is 119 cm³/mol. The van der Waals surface area contributed by atoms with Gasteiger partial charge in [-0.25, -0.2) is 4.39 Å². The molecule has 2 fully saturated rings. The third kappa shape index (κ3) is 5.94. The molecule has 0 atom stereocenters. The molecule has 6 nitrogen and oxygen atoms in total. The number of nitrogens with one attached hydrogen (secondary N) is 2. The number of hydrogen-bond donors (Lipinski definition) is 2. The summed E-state index contributed by atoms with van der Waals surface area (Å²) in [5.41, 5.74) is 0.739. The molecular formula is C23H36FN5O. The maximum Gasteiger partial charge on any atom is 0.225 e. The van der Waals surface area contributed by atoms with Crippen molar-refractivity contribution in [2.24, 2.45) is 10.9 Å². The lowest BCUT2D eigenvalue weighted by Gasteiger charge is -2.38. The molecule has 1 heterocycles. The lowest BCUT2D eigenvalue weighted by atomic mass is 9.84. The number of carbonyl (C=O) groups is 1. The topological polar surface area (TPSA) is 60.0 Å². The van der Waals surface area contributed by atoms with Gasteiger partial charge in [0.1, 0.15) is 5.82 Å². The van der Waals surface area contributed by atoms with Gasteiger partial charge in [-0.3, -0.25) is 14.7 Å². The molecule has 2 N–H and O–H groups in total. The normalized spacial score (nSPS) is 18.8. The van der Waals surface area contributed by atoms with Crippen molar-refractivity contribution in [2.45, 2.75) is 38.5 Å². The zero-order chi connectivity index (χ0) is 21.6. The fraction of sp³-hybridized carbons (Fsp3) is 0.652. The highest BCUT2D eigenvalue weighted by atomic mass is 19.1. The van der Waals surface area contributed by atoms with E-state index in [0.717, 1.165) is 63.6 Å². The third-order valence-corrected chi connectivity index (χ3v) is 6.39. The molecule has 1 saturated heterocycles. The summed E-state index contributed by atoms with van der Waals surface area (Å²) in [6, 6.07) is 6.76. The van der Waals surface area contributed by atoms with E-state index in [1.54, 1.807) is 19.2 Å². The molecule has 0 spiro atoms. The summed E-state index contributed by atoms with van der Waals surface area (Å²) in [5, 5.41) is 6.72. The maximum atomic E-state index is 13.6. The largest absolute Gasteiger partial charge is 0.356 e. The molecule has 1 aromatic carbocycles. The summed E-state index contributed by atoms with van der Waals surface area (Å²) in [4.78, 5) is 21.1. The molecule has 0 aromatic heterocycles. The molecule has 166 valence electrons. The van der Waals surface area contributed by atoms with Crippen molar-refractivity contribution in [3.63, 3.8) is 0 Å². The first kappa shape index (κ1) is 22.5. The van der Waals surface area contributed by atoms with E-state index in [0.29, 0.717) is 18.4 Å². The van der Waals surface area contributed by atoms with Crippen LogP contribution in [0.15, 0.2) is 29.3 Å². The van der Waals surface area contributed by atoms with Crippen LogP contribution < -0.4 is 10.6 Å². The number of halogens is 1. The number of rotatable bonds is 7. The second-order valence-corrected chi connectivity index (χ2v) is 9.04. The van der Waals surface area contributed by atoms with Crippen LogP contribution in [0.25, 0.3) is 0 Å². The van der Waals surface area contributed by atoms with E-state index >= 15 is 0 Å². The Bertz CT molecular complexity index is 739. The molecule has 2 aliphatic rings. The molecule has 1 amide bonds. The number of piperazine rings is 1. The van der Waals surface area contributed by atoms with Crippen molar-refractivity contribution in [3.05, 3.63) is 35.6 Å². The first-order valence-corrected chi connectivity index (χ1v) is 11.1. The van der Waals surface area contributed by atoms with Gasteiger partial charge in [-0.1, -0.05) is 32.4 Å². The second kappa shape index (κ2) is 10.2. The number of carbonyl (C=O) groups excluding carboxylic acids is 1. The van der Waals surface area contributed by atoms with Crippen molar-refractivity contribution in [1.29, 1.82) is 0 Å². The average Bonchev–Trinajstić information content (AvgIpc) is 2.69. The summed E-state index contributed by atoms with van der Waals surface area (Å²) < 4.78 is 13.6. The Balaban J connectivity index is 1.36. The molecule has 1 saturated carbocycles. The Morgan fingerprint density at radius 3 is 2.53 bits per heavy atom. The lowest BCUT2D eigenvalue weighted by Crippen LogP contribution is -2.52. The smallest absolute Gasteiger partial charge is 0.225 e. The molecule has 7 heteroatoms. The third-order valence-electron chi connectivity index (χ3n) is 6.39. The summed E-state index contributed by atoms with van der Waals surface area (Å²) in [5.74, 6) is 1.20. The van der Waals surface area contributed by atoms with Crippen LogP contribution in [0, 0.1) is 11.7 Å². The van der Waals surface area contributed by atoms with Crippen LogP contribution in [0.2, 0.25) is 0 Å². The zero-order valence-electron chi connectivity index (χ0n) is 18.6. The highest BCUT2D eigenvalue weighted by Gasteiger charge is 2.31. The van der Waals surface area contributed by atoms with Crippen LogP contribution in [0.4, 0.5) is 4.39 Å². The number of amides is 1. The Morgan fingerprint density at radius 2 is 1.93 bits per heavy atom. The maximum absolute atomic E-state index is 13.6. The summed E-state index contributed by atoms with van der Waals surface area (Å²) in [6.45, 7) is 10.1. The Labute approximate surface area is 179 Å². The molecule has 3 rings (SSSR count). The number of aliphatic imine (C=N–C) groups is 1. The van der Waals surface area contributed by atoms with Gasteiger partial charge in [0.25, 0.3) is 0 Å². The average molecular weight is 418 g/mol. The fourth-order valence-corrected chi connectivity index (χ4v) is 3.97. The van der Waals surface area contributed by atoms with Crippen molar-refractivity contribution in [2.75, 3.05) is 52.9 Å². The SMILES string of the molecule is CN=C(NCCN1CCN(C(=O)C2CCC2)CC1)NCC(C)(C)c1cccc(F)c1. The Kier molecular flexibility index (Phi) is 7.69. The van der Waals surface area contributed by atoms with E-state index in [2.05, 4.69) is 34.4 Å². The summed E-state index contributed by atoms with van der Waals surface area (Å²) >= 11 is 0. The Morgan fingerprint density at radius 1 is 1.20 bits per heavy atom. The van der Waals surface area contributed by atoms with Gasteiger partial charge in [0.2, 0.25) is 5.91 Å². The highest BCUT2D eigenvalue weighted by Crippen LogP contribution is 2.28. The van der Waals surface area contributed by atoms with E-state index < -0.39 is 0 Å². The minimum atomic E-state index is -0.219. The monoisotopic (exact) mass is 417 g/mol. The van der Waals surface area contributed by atoms with E-state index in [1.165, 1.54) is 12.5 Å². The number of hydrogen-bond acceptors (Lipinski definition) is 3. The van der Waals surface area contributed by atoms with Crippen molar-refractivity contribution in [3.8, 4) is 0 Å². The zero-order valence-corrected chi connectivity index (χ0v) is 18.6. The van der Waals surface area contributed by atoms with Gasteiger partial charge in [-0.2, -0.15) is 0 Å². The molecule has 1 aliphatic carbocycles. The molecule has 0 unspecified atom stereocenters. The van der Waals surface area contributed by atoms with Crippen molar-refractivity contribution < 1.29 is 9.18 Å². The molecule has 1 aliphatic heterocycles. The minimum Gasteiger partial charge on any atom is -0.356 e. The summed E-state index contributed by atoms with van der Waals surface area (Å²) in [7, 11) is 1.76. The van der Waals surface area contributed by atoms with Gasteiger partial charge < -0.3 is 15.5 Å². The van der Waals surface area contributed by atoms with Crippen LogP contribution in [0.1, 0.15) is 38.7 Å². The van der Waals surface area contributed by atoms with Crippen LogP contribution in [-0.4, -0.2) is 74.5 Å². The van der Waals surface area contributed by atoms with E-state index in [1.807, 2.05) is 11.0 Å². The minimum absolute atomic E-state index is 0.211. The standard InChI is InChI=1S/C23H36FN5O/c1-23(2,19-8-5-9-20(24)16-19)17-27-22(25-3)26-10-11-28-12-14-29(15-13-28)21(30)18-6-4-7-18/h5,8-9,16,18H,4,6-7,10-15,17H2,1-3H3,(H2,25,26,27). The second-order valence-electron chi connectivity index (χ2n) is 9.04. The van der Waals surface area contributed by atoms with Gasteiger partial charge in [-0.15, -0.1) is 0 Å². The van der Waals surface area contributed by atoms with Crippen LogP contribution >= 0.6 is 0 Å². The summed E-state index contributed by atoms with van der Waals surface area (Å²) in [6.07, 6.45) is 3.35. The lowest BCUT2D eigenvalue weighted by molar-refractivity contribution is -0.139. The van der Waals surface area contributed by atoms with E-state index in [-0.39, 0.29) is 11.2 Å². The fourth-order valence-electron chi connectivity index (χ4n) is 3.97. The van der Waals surface area contributed by atoms with Crippen molar-refractivity contribution >= 4 is 11.9 Å². The molecular weight excluding hydrogens is 381 g/mol. The van der Waals surface area contributed by atoms with Crippen LogP contribution in [0.5, 0.6) is 0 Å². The van der Waals surface area contributed by atoms with Crippen LogP contribution in [-0.2, 0) is 10.2 Å². The molecule has 1 aromatic rings. The van der Waals surface area contributed by atoms with Gasteiger partial charge >= 0.3 is 0 Å². The van der Waals surface area contributed by atoms with Crippen LogP contribution in [0.3, 0.4) is 0 Å². The molecule has 30 heavy (non-hydrogen) atoms. The predicted octanol–water partition coefficient (Wildman–Crippen LogP) is 2.21. The number of nitrogens with zero attached hydrogens (tertiary/aromatic N) is 3. The number of benzene rings is 1. The Hall–Kier alpha value is -2.15. The molecule has 0 radical (unpaired) electrons. The van der Waals surface area contributed by atoms with Gasteiger partial charge in [-0.05, 0) is 30.5 Å². The first-order chi connectivity index (χ1) is 14.4. The van der Waals surface area contributed by atoms with Gasteiger partial charge in [0.05, 0.1) is 0 Å². The highest BCUT2D eigenvalue weighted by molar-refractivity contribution is 5.80. The molecule has 0 bridgehead atoms. The first-order valence-electron chi connectivity index (χ1n) is 11.1. The quantitative estimate of drug-likeness (QED) is 0.528. The van der Waals surface area contributed by atoms with E-state index in [4.69, 9.17) is 0 Å².